The van der Waals surface area contributed by atoms with Crippen LogP contribution in [0.5, 0.6) is 11.5 Å². The van der Waals surface area contributed by atoms with Crippen LogP contribution < -0.4 is 19.1 Å². The number of esters is 1. The minimum atomic E-state index is -3.81. The normalized spacial score (nSPS) is 12.0. The molecule has 33 heavy (non-hydrogen) atoms. The molecule has 0 aliphatic heterocycles. The molecule has 0 unspecified atom stereocenters. The highest BCUT2D eigenvalue weighted by Crippen LogP contribution is 2.34. The van der Waals surface area contributed by atoms with Gasteiger partial charge in [0.1, 0.15) is 6.04 Å². The van der Waals surface area contributed by atoms with Crippen molar-refractivity contribution in [1.82, 2.24) is 0 Å². The van der Waals surface area contributed by atoms with E-state index in [4.69, 9.17) is 14.2 Å². The maximum Gasteiger partial charge on any atom is 0.340 e. The zero-order chi connectivity index (χ0) is 24.9. The number of carbonyl (C=O) groups excluding carboxylic acids is 2. The lowest BCUT2D eigenvalue weighted by molar-refractivity contribution is -0.117. The van der Waals surface area contributed by atoms with Crippen molar-refractivity contribution in [2.45, 2.75) is 33.2 Å². The number of nitrogens with one attached hydrogen (secondary N) is 1. The molecule has 0 saturated heterocycles. The zero-order valence-corrected chi connectivity index (χ0v) is 20.7. The van der Waals surface area contributed by atoms with E-state index in [-0.39, 0.29) is 29.2 Å². The summed E-state index contributed by atoms with van der Waals surface area (Å²) in [6.45, 7) is 5.49. The molecule has 1 N–H and O–H groups in total. The Morgan fingerprint density at radius 3 is 2.09 bits per heavy atom. The van der Waals surface area contributed by atoms with Gasteiger partial charge in [-0.25, -0.2) is 13.2 Å². The predicted molar refractivity (Wildman–Crippen MR) is 127 cm³/mol. The molecule has 1 atom stereocenters. The Morgan fingerprint density at radius 2 is 1.61 bits per heavy atom. The molecule has 10 heteroatoms. The highest BCUT2D eigenvalue weighted by Gasteiger charge is 2.32. The summed E-state index contributed by atoms with van der Waals surface area (Å²) in [7, 11) is 0.231. The monoisotopic (exact) mass is 478 g/mol. The van der Waals surface area contributed by atoms with Crippen molar-refractivity contribution in [2.75, 3.05) is 37.2 Å². The number of hydrogen-bond acceptors (Lipinski definition) is 7. The molecular weight excluding hydrogens is 448 g/mol. The van der Waals surface area contributed by atoms with Gasteiger partial charge in [-0.15, -0.1) is 0 Å². The molecule has 2 rings (SSSR count). The number of amides is 1. The van der Waals surface area contributed by atoms with E-state index in [1.54, 1.807) is 25.1 Å². The molecule has 0 aliphatic carbocycles. The summed E-state index contributed by atoms with van der Waals surface area (Å²) in [5.74, 6) is -0.759. The fourth-order valence-electron chi connectivity index (χ4n) is 3.40. The third kappa shape index (κ3) is 5.75. The maximum atomic E-state index is 13.3. The summed E-state index contributed by atoms with van der Waals surface area (Å²) in [4.78, 5) is 25.7. The lowest BCUT2D eigenvalue weighted by atomic mass is 10.1. The Morgan fingerprint density at radius 1 is 1.00 bits per heavy atom. The third-order valence-electron chi connectivity index (χ3n) is 5.26. The average Bonchev–Trinajstić information content (AvgIpc) is 2.77. The number of anilines is 2. The number of methoxy groups -OCH3 is 3. The Kier molecular flexibility index (Phi) is 8.32. The van der Waals surface area contributed by atoms with Gasteiger partial charge in [-0.05, 0) is 43.5 Å². The van der Waals surface area contributed by atoms with Gasteiger partial charge < -0.3 is 19.5 Å². The van der Waals surface area contributed by atoms with E-state index in [0.29, 0.717) is 5.69 Å². The van der Waals surface area contributed by atoms with Gasteiger partial charge in [-0.3, -0.25) is 9.10 Å². The van der Waals surface area contributed by atoms with Crippen LogP contribution in [0.2, 0.25) is 0 Å². The molecular formula is C23H30N2O7S. The molecule has 180 valence electrons. The van der Waals surface area contributed by atoms with Crippen LogP contribution in [0.1, 0.15) is 34.8 Å². The lowest BCUT2D eigenvalue weighted by Crippen LogP contribution is -2.47. The van der Waals surface area contributed by atoms with Crippen molar-refractivity contribution in [3.8, 4) is 11.5 Å². The van der Waals surface area contributed by atoms with Crippen LogP contribution in [0, 0.1) is 13.8 Å². The Labute approximate surface area is 194 Å². The topological polar surface area (TPSA) is 111 Å². The van der Waals surface area contributed by atoms with E-state index in [1.165, 1.54) is 33.5 Å². The van der Waals surface area contributed by atoms with Crippen LogP contribution in [0.25, 0.3) is 0 Å². The number of aryl methyl sites for hydroxylation is 2. The van der Waals surface area contributed by atoms with E-state index in [1.807, 2.05) is 13.8 Å². The van der Waals surface area contributed by atoms with Crippen molar-refractivity contribution >= 4 is 33.3 Å². The van der Waals surface area contributed by atoms with E-state index in [9.17, 15) is 18.0 Å². The summed E-state index contributed by atoms with van der Waals surface area (Å²) in [5.41, 5.74) is 2.41. The molecule has 0 heterocycles. The largest absolute Gasteiger partial charge is 0.493 e. The van der Waals surface area contributed by atoms with Crippen molar-refractivity contribution in [1.29, 1.82) is 0 Å². The molecule has 0 fully saturated rings. The van der Waals surface area contributed by atoms with E-state index in [2.05, 4.69) is 5.32 Å². The van der Waals surface area contributed by atoms with Crippen molar-refractivity contribution in [3.05, 3.63) is 47.0 Å². The number of carbonyl (C=O) groups is 2. The number of hydrogen-bond donors (Lipinski definition) is 1. The second-order valence-corrected chi connectivity index (χ2v) is 9.34. The lowest BCUT2D eigenvalue weighted by Gasteiger charge is -2.30. The van der Waals surface area contributed by atoms with E-state index >= 15 is 0 Å². The molecule has 9 nitrogen and oxygen atoms in total. The van der Waals surface area contributed by atoms with Gasteiger partial charge in [0.05, 0.1) is 44.5 Å². The third-order valence-corrected chi connectivity index (χ3v) is 6.44. The van der Waals surface area contributed by atoms with Gasteiger partial charge in [-0.1, -0.05) is 13.0 Å². The highest BCUT2D eigenvalue weighted by molar-refractivity contribution is 7.92. The van der Waals surface area contributed by atoms with Gasteiger partial charge in [0, 0.05) is 12.1 Å². The SMILES string of the molecule is CC[C@H](C(=O)Nc1cc(OC)c(OC)cc1C(=O)OC)N(c1ccc(C)c(C)c1)S(C)(=O)=O. The van der Waals surface area contributed by atoms with Gasteiger partial charge in [0.2, 0.25) is 15.9 Å². The predicted octanol–water partition coefficient (Wildman–Crippen LogP) is 3.29. The molecule has 0 saturated carbocycles. The Bertz CT molecular complexity index is 1150. The number of ether oxygens (including phenoxy) is 3. The van der Waals surface area contributed by atoms with Crippen LogP contribution in [-0.4, -0.2) is 53.9 Å². The number of rotatable bonds is 9. The Balaban J connectivity index is 2.55. The minimum absolute atomic E-state index is 0.0374. The minimum Gasteiger partial charge on any atom is -0.493 e. The smallest absolute Gasteiger partial charge is 0.340 e. The first kappa shape index (κ1) is 26.0. The van der Waals surface area contributed by atoms with Crippen LogP contribution in [-0.2, 0) is 19.6 Å². The zero-order valence-electron chi connectivity index (χ0n) is 19.9. The standard InChI is InChI=1S/C23H30N2O7S/c1-8-19(25(33(7,28)29)16-10-9-14(2)15(3)11-16)22(26)24-18-13-21(31-5)20(30-4)12-17(18)23(27)32-6/h9-13,19H,8H2,1-7H3,(H,24,26)/t19-/m1/s1. The van der Waals surface area contributed by atoms with Crippen molar-refractivity contribution in [3.63, 3.8) is 0 Å². The molecule has 0 radical (unpaired) electrons. The molecule has 1 amide bonds. The summed E-state index contributed by atoms with van der Waals surface area (Å²) >= 11 is 0. The summed E-state index contributed by atoms with van der Waals surface area (Å²) < 4.78 is 41.9. The number of nitrogens with zero attached hydrogens (tertiary/aromatic N) is 1. The Hall–Kier alpha value is -3.27. The van der Waals surface area contributed by atoms with Crippen molar-refractivity contribution in [2.24, 2.45) is 0 Å². The van der Waals surface area contributed by atoms with E-state index in [0.717, 1.165) is 21.7 Å². The first-order valence-corrected chi connectivity index (χ1v) is 12.0. The molecule has 0 spiro atoms. The average molecular weight is 479 g/mol. The van der Waals surface area contributed by atoms with Crippen LogP contribution in [0.3, 0.4) is 0 Å². The fraction of sp³-hybridized carbons (Fsp3) is 0.391. The maximum absolute atomic E-state index is 13.3. The van der Waals surface area contributed by atoms with Crippen LogP contribution in [0.15, 0.2) is 30.3 Å². The fourth-order valence-corrected chi connectivity index (χ4v) is 4.60. The summed E-state index contributed by atoms with van der Waals surface area (Å²) in [5, 5.41) is 2.67. The molecule has 0 bridgehead atoms. The first-order chi connectivity index (χ1) is 15.5. The number of benzene rings is 2. The van der Waals surface area contributed by atoms with Crippen LogP contribution >= 0.6 is 0 Å². The molecule has 2 aromatic rings. The number of sulfonamides is 1. The second-order valence-electron chi connectivity index (χ2n) is 7.49. The van der Waals surface area contributed by atoms with E-state index < -0.39 is 27.9 Å². The van der Waals surface area contributed by atoms with Gasteiger partial charge in [0.15, 0.2) is 11.5 Å². The van der Waals surface area contributed by atoms with Crippen molar-refractivity contribution < 1.29 is 32.2 Å². The quantitative estimate of drug-likeness (QED) is 0.551. The first-order valence-electron chi connectivity index (χ1n) is 10.2. The summed E-state index contributed by atoms with van der Waals surface area (Å²) in [6.07, 6.45) is 1.24. The highest BCUT2D eigenvalue weighted by atomic mass is 32.2. The van der Waals surface area contributed by atoms with Gasteiger partial charge in [0.25, 0.3) is 0 Å². The molecule has 2 aromatic carbocycles. The molecule has 0 aromatic heterocycles. The molecule has 0 aliphatic rings. The van der Waals surface area contributed by atoms with Crippen LogP contribution in [0.4, 0.5) is 11.4 Å². The second kappa shape index (κ2) is 10.6. The van der Waals surface area contributed by atoms with Gasteiger partial charge >= 0.3 is 5.97 Å². The summed E-state index contributed by atoms with van der Waals surface area (Å²) in [6, 6.07) is 6.94. The van der Waals surface area contributed by atoms with Gasteiger partial charge in [-0.2, -0.15) is 0 Å².